The minimum absolute atomic E-state index is 0.0136. The van der Waals surface area contributed by atoms with Crippen LogP contribution < -0.4 is 10.0 Å². The van der Waals surface area contributed by atoms with Crippen molar-refractivity contribution in [2.24, 2.45) is 0 Å². The summed E-state index contributed by atoms with van der Waals surface area (Å²) in [7, 11) is -3.93. The number of carbonyl (C=O) groups is 1. The number of hydrogen-bond acceptors (Lipinski definition) is 3. The van der Waals surface area contributed by atoms with Gasteiger partial charge < -0.3 is 5.32 Å². The Kier molecular flexibility index (Phi) is 5.95. The Morgan fingerprint density at radius 2 is 1.62 bits per heavy atom. The molecule has 0 heterocycles. The van der Waals surface area contributed by atoms with Crippen LogP contribution in [0, 0.1) is 5.82 Å². The fourth-order valence-electron chi connectivity index (χ4n) is 3.12. The fraction of sp³-hybridized carbons (Fsp3) is 0.316. The number of halogens is 4. The first kappa shape index (κ1) is 21.3. The van der Waals surface area contributed by atoms with Crippen LogP contribution in [0.2, 0.25) is 0 Å². The lowest BCUT2D eigenvalue weighted by atomic mass is 10.1. The topological polar surface area (TPSA) is 75.3 Å². The molecule has 0 bridgehead atoms. The van der Waals surface area contributed by atoms with Gasteiger partial charge in [0.2, 0.25) is 10.0 Å². The zero-order valence-corrected chi connectivity index (χ0v) is 15.9. The molecule has 1 fully saturated rings. The predicted octanol–water partition coefficient (Wildman–Crippen LogP) is 4.32. The first-order valence-electron chi connectivity index (χ1n) is 8.87. The standard InChI is InChI=1S/C19H18F4N2O3S/c20-17-10-9-15(29(27,28)25-14-3-1-2-4-14)11-16(17)18(26)24-13-7-5-12(6-8-13)19(21,22)23/h5-11,14,25H,1-4H2,(H,24,26). The van der Waals surface area contributed by atoms with Gasteiger partial charge in [0.25, 0.3) is 5.91 Å². The minimum Gasteiger partial charge on any atom is -0.322 e. The lowest BCUT2D eigenvalue weighted by Crippen LogP contribution is -2.32. The van der Waals surface area contributed by atoms with Gasteiger partial charge in [0.1, 0.15) is 5.82 Å². The summed E-state index contributed by atoms with van der Waals surface area (Å²) in [6.45, 7) is 0. The SMILES string of the molecule is O=C(Nc1ccc(C(F)(F)F)cc1)c1cc(S(=O)(=O)NC2CCCC2)ccc1F. The highest BCUT2D eigenvalue weighted by molar-refractivity contribution is 7.89. The smallest absolute Gasteiger partial charge is 0.322 e. The van der Waals surface area contributed by atoms with E-state index in [4.69, 9.17) is 0 Å². The van der Waals surface area contributed by atoms with Gasteiger partial charge in [-0.15, -0.1) is 0 Å². The van der Waals surface area contributed by atoms with Gasteiger partial charge in [-0.3, -0.25) is 4.79 Å². The molecule has 0 saturated heterocycles. The van der Waals surface area contributed by atoms with Gasteiger partial charge in [-0.05, 0) is 55.3 Å². The van der Waals surface area contributed by atoms with E-state index in [-0.39, 0.29) is 16.6 Å². The molecular weight excluding hydrogens is 412 g/mol. The molecule has 10 heteroatoms. The van der Waals surface area contributed by atoms with Crippen LogP contribution in [-0.2, 0) is 16.2 Å². The molecule has 0 spiro atoms. The van der Waals surface area contributed by atoms with Gasteiger partial charge in [0.05, 0.1) is 16.0 Å². The first-order chi connectivity index (χ1) is 13.6. The molecular formula is C19H18F4N2O3S. The molecule has 3 rings (SSSR count). The lowest BCUT2D eigenvalue weighted by Gasteiger charge is -2.14. The maximum Gasteiger partial charge on any atom is 0.416 e. The number of rotatable bonds is 5. The van der Waals surface area contributed by atoms with Crippen LogP contribution in [-0.4, -0.2) is 20.4 Å². The van der Waals surface area contributed by atoms with E-state index < -0.39 is 39.1 Å². The summed E-state index contributed by atoms with van der Waals surface area (Å²) in [5, 5.41) is 2.27. The van der Waals surface area contributed by atoms with Crippen molar-refractivity contribution < 1.29 is 30.8 Å². The van der Waals surface area contributed by atoms with E-state index >= 15 is 0 Å². The maximum atomic E-state index is 14.1. The second-order valence-corrected chi connectivity index (χ2v) is 8.49. The highest BCUT2D eigenvalue weighted by Crippen LogP contribution is 2.30. The number of hydrogen-bond donors (Lipinski definition) is 2. The first-order valence-corrected chi connectivity index (χ1v) is 10.3. The molecule has 2 aromatic rings. The molecule has 1 aliphatic rings. The summed E-state index contributed by atoms with van der Waals surface area (Å²) in [5.74, 6) is -1.92. The second-order valence-electron chi connectivity index (χ2n) is 6.77. The molecule has 0 aromatic heterocycles. The Morgan fingerprint density at radius 1 is 1.00 bits per heavy atom. The molecule has 156 valence electrons. The summed E-state index contributed by atoms with van der Waals surface area (Å²) in [5.41, 5.74) is -1.41. The largest absolute Gasteiger partial charge is 0.416 e. The van der Waals surface area contributed by atoms with Gasteiger partial charge in [-0.25, -0.2) is 17.5 Å². The summed E-state index contributed by atoms with van der Waals surface area (Å²) >= 11 is 0. The van der Waals surface area contributed by atoms with Crippen LogP contribution in [0.15, 0.2) is 47.4 Å². The van der Waals surface area contributed by atoms with Gasteiger partial charge in [0.15, 0.2) is 0 Å². The van der Waals surface area contributed by atoms with E-state index in [0.717, 1.165) is 55.3 Å². The second kappa shape index (κ2) is 8.11. The van der Waals surface area contributed by atoms with Gasteiger partial charge in [-0.1, -0.05) is 12.8 Å². The van der Waals surface area contributed by atoms with Crippen molar-refractivity contribution in [2.45, 2.75) is 42.8 Å². The van der Waals surface area contributed by atoms with E-state index in [1.165, 1.54) is 0 Å². The van der Waals surface area contributed by atoms with Gasteiger partial charge in [-0.2, -0.15) is 13.2 Å². The van der Waals surface area contributed by atoms with Crippen LogP contribution >= 0.6 is 0 Å². The van der Waals surface area contributed by atoms with Crippen molar-refractivity contribution >= 4 is 21.6 Å². The summed E-state index contributed by atoms with van der Waals surface area (Å²) in [6, 6.07) is 6.24. The number of alkyl halides is 3. The lowest BCUT2D eigenvalue weighted by molar-refractivity contribution is -0.137. The number of amides is 1. The highest BCUT2D eigenvalue weighted by Gasteiger charge is 2.30. The van der Waals surface area contributed by atoms with E-state index in [1.807, 2.05) is 0 Å². The third-order valence-electron chi connectivity index (χ3n) is 4.64. The molecule has 5 nitrogen and oxygen atoms in total. The molecule has 29 heavy (non-hydrogen) atoms. The third-order valence-corrected chi connectivity index (χ3v) is 6.16. The van der Waals surface area contributed by atoms with E-state index in [0.29, 0.717) is 12.8 Å². The average molecular weight is 430 g/mol. The zero-order chi connectivity index (χ0) is 21.2. The van der Waals surface area contributed by atoms with Gasteiger partial charge >= 0.3 is 6.18 Å². The van der Waals surface area contributed by atoms with Crippen LogP contribution in [0.3, 0.4) is 0 Å². The molecule has 0 atom stereocenters. The fourth-order valence-corrected chi connectivity index (χ4v) is 4.45. The number of benzene rings is 2. The normalized spacial score (nSPS) is 15.4. The average Bonchev–Trinajstić information content (AvgIpc) is 3.13. The van der Waals surface area contributed by atoms with Crippen molar-refractivity contribution in [1.82, 2.24) is 4.72 Å². The maximum absolute atomic E-state index is 14.1. The molecule has 2 N–H and O–H groups in total. The van der Waals surface area contributed by atoms with Crippen LogP contribution in [0.5, 0.6) is 0 Å². The number of sulfonamides is 1. The molecule has 0 aliphatic heterocycles. The monoisotopic (exact) mass is 430 g/mol. The van der Waals surface area contributed by atoms with Crippen molar-refractivity contribution in [3.8, 4) is 0 Å². The molecule has 0 unspecified atom stereocenters. The quantitative estimate of drug-likeness (QED) is 0.694. The Balaban J connectivity index is 1.79. The van der Waals surface area contributed by atoms with Crippen molar-refractivity contribution in [1.29, 1.82) is 0 Å². The third kappa shape index (κ3) is 5.13. The highest BCUT2D eigenvalue weighted by atomic mass is 32.2. The zero-order valence-electron chi connectivity index (χ0n) is 15.1. The molecule has 1 saturated carbocycles. The van der Waals surface area contributed by atoms with Crippen LogP contribution in [0.4, 0.5) is 23.2 Å². The Bertz CT molecular complexity index is 999. The van der Waals surface area contributed by atoms with Crippen molar-refractivity contribution in [3.05, 3.63) is 59.4 Å². The molecule has 1 amide bonds. The van der Waals surface area contributed by atoms with Gasteiger partial charge in [0, 0.05) is 11.7 Å². The number of carbonyl (C=O) groups excluding carboxylic acids is 1. The van der Waals surface area contributed by atoms with E-state index in [2.05, 4.69) is 10.0 Å². The summed E-state index contributed by atoms with van der Waals surface area (Å²) in [4.78, 5) is 12.1. The van der Waals surface area contributed by atoms with Crippen molar-refractivity contribution in [3.63, 3.8) is 0 Å². The summed E-state index contributed by atoms with van der Waals surface area (Å²) < 4.78 is 79.4. The van der Waals surface area contributed by atoms with E-state index in [9.17, 15) is 30.8 Å². The number of nitrogens with one attached hydrogen (secondary N) is 2. The Morgan fingerprint density at radius 3 is 2.21 bits per heavy atom. The molecule has 0 radical (unpaired) electrons. The van der Waals surface area contributed by atoms with E-state index in [1.54, 1.807) is 0 Å². The van der Waals surface area contributed by atoms with Crippen LogP contribution in [0.25, 0.3) is 0 Å². The van der Waals surface area contributed by atoms with Crippen LogP contribution in [0.1, 0.15) is 41.6 Å². The molecule has 2 aromatic carbocycles. The minimum atomic E-state index is -4.52. The Hall–Kier alpha value is -2.46. The summed E-state index contributed by atoms with van der Waals surface area (Å²) in [6.07, 6.45) is -1.28. The molecule has 1 aliphatic carbocycles. The van der Waals surface area contributed by atoms with Crippen molar-refractivity contribution in [2.75, 3.05) is 5.32 Å². The Labute approximate surface area is 165 Å². The predicted molar refractivity (Wildman–Crippen MR) is 98.4 cm³/mol. The number of anilines is 1.